The summed E-state index contributed by atoms with van der Waals surface area (Å²) in [6.07, 6.45) is 3.58. The fourth-order valence-electron chi connectivity index (χ4n) is 3.28. The molecule has 0 radical (unpaired) electrons. The molecule has 1 aliphatic carbocycles. The van der Waals surface area contributed by atoms with Crippen molar-refractivity contribution in [3.8, 4) is 0 Å². The number of hydrogen-bond donors (Lipinski definition) is 1. The molecule has 0 spiro atoms. The largest absolute Gasteiger partial charge is 0.350 e. The SMILES string of the molecule is CC1CN(C=O)C(C(C)C)C(=O)N1.c1ccc(C2CC2)cc1.c1ccccc1. The molecule has 4 heteroatoms. The predicted octanol–water partition coefficient (Wildman–Crippen LogP) is 4.24. The molecule has 2 aliphatic rings. The van der Waals surface area contributed by atoms with Crippen molar-refractivity contribution in [1.29, 1.82) is 0 Å². The predicted molar refractivity (Wildman–Crippen MR) is 114 cm³/mol. The normalized spacial score (nSPS) is 20.9. The Kier molecular flexibility index (Phi) is 8.73. The minimum absolute atomic E-state index is 0.0409. The van der Waals surface area contributed by atoms with Gasteiger partial charge in [-0.15, -0.1) is 0 Å². The summed E-state index contributed by atoms with van der Waals surface area (Å²) >= 11 is 0. The van der Waals surface area contributed by atoms with Gasteiger partial charge in [-0.25, -0.2) is 0 Å². The summed E-state index contributed by atoms with van der Waals surface area (Å²) in [6, 6.07) is 22.5. The standard InChI is InChI=1S/C9H16N2O2.C9H10.C6H6/c1-6(2)8-9(13)10-7(3)4-11(8)5-12;1-2-4-8(5-3-1)9-6-7-9;1-2-4-6-5-3-1/h5-8H,4H2,1-3H3,(H,10,13);1-5,9H,6-7H2;1-6H. The molecule has 1 aliphatic heterocycles. The Morgan fingerprint density at radius 1 is 0.964 bits per heavy atom. The van der Waals surface area contributed by atoms with Crippen molar-refractivity contribution in [2.24, 2.45) is 5.92 Å². The number of amides is 2. The molecule has 2 amide bonds. The lowest BCUT2D eigenvalue weighted by molar-refractivity contribution is -0.139. The van der Waals surface area contributed by atoms with Gasteiger partial charge in [-0.1, -0.05) is 80.6 Å². The fourth-order valence-corrected chi connectivity index (χ4v) is 3.28. The number of benzene rings is 2. The van der Waals surface area contributed by atoms with Crippen molar-refractivity contribution in [3.63, 3.8) is 0 Å². The van der Waals surface area contributed by atoms with Crippen LogP contribution in [0, 0.1) is 5.92 Å². The summed E-state index contributed by atoms with van der Waals surface area (Å²) in [5.74, 6) is 1.03. The van der Waals surface area contributed by atoms with Gasteiger partial charge in [0, 0.05) is 12.6 Å². The highest BCUT2D eigenvalue weighted by molar-refractivity contribution is 5.85. The third-order valence-corrected chi connectivity index (χ3v) is 4.78. The molecule has 4 rings (SSSR count). The van der Waals surface area contributed by atoms with E-state index in [0.717, 1.165) is 12.3 Å². The number of nitrogens with zero attached hydrogens (tertiary/aromatic N) is 1. The summed E-state index contributed by atoms with van der Waals surface area (Å²) in [5.41, 5.74) is 1.53. The lowest BCUT2D eigenvalue weighted by Crippen LogP contribution is -2.60. The quantitative estimate of drug-likeness (QED) is 0.810. The maximum absolute atomic E-state index is 11.5. The van der Waals surface area contributed by atoms with Crippen LogP contribution < -0.4 is 5.32 Å². The molecular weight excluding hydrogens is 348 g/mol. The van der Waals surface area contributed by atoms with Crippen LogP contribution in [0.5, 0.6) is 0 Å². The average Bonchev–Trinajstić information content (AvgIpc) is 3.55. The van der Waals surface area contributed by atoms with Gasteiger partial charge >= 0.3 is 0 Å². The first-order valence-electron chi connectivity index (χ1n) is 10.1. The van der Waals surface area contributed by atoms with Crippen LogP contribution in [-0.2, 0) is 9.59 Å². The van der Waals surface area contributed by atoms with Crippen LogP contribution in [0.25, 0.3) is 0 Å². The van der Waals surface area contributed by atoms with E-state index in [1.54, 1.807) is 4.90 Å². The van der Waals surface area contributed by atoms with Gasteiger partial charge in [0.15, 0.2) is 0 Å². The highest BCUT2D eigenvalue weighted by Crippen LogP contribution is 2.39. The zero-order valence-electron chi connectivity index (χ0n) is 17.1. The maximum Gasteiger partial charge on any atom is 0.243 e. The van der Waals surface area contributed by atoms with E-state index in [1.807, 2.05) is 57.2 Å². The van der Waals surface area contributed by atoms with Gasteiger partial charge in [0.05, 0.1) is 0 Å². The van der Waals surface area contributed by atoms with Gasteiger partial charge < -0.3 is 10.2 Å². The van der Waals surface area contributed by atoms with E-state index in [0.29, 0.717) is 6.54 Å². The van der Waals surface area contributed by atoms with Gasteiger partial charge in [0.2, 0.25) is 12.3 Å². The van der Waals surface area contributed by atoms with Gasteiger partial charge in [-0.05, 0) is 37.2 Å². The van der Waals surface area contributed by atoms with Crippen LogP contribution in [0.15, 0.2) is 66.7 Å². The fraction of sp³-hybridized carbons (Fsp3) is 0.417. The zero-order valence-corrected chi connectivity index (χ0v) is 17.1. The van der Waals surface area contributed by atoms with Crippen molar-refractivity contribution in [1.82, 2.24) is 10.2 Å². The van der Waals surface area contributed by atoms with Gasteiger partial charge in [0.1, 0.15) is 6.04 Å². The molecule has 2 atom stereocenters. The molecule has 0 bridgehead atoms. The smallest absolute Gasteiger partial charge is 0.243 e. The van der Waals surface area contributed by atoms with Crippen molar-refractivity contribution in [3.05, 3.63) is 72.3 Å². The topological polar surface area (TPSA) is 49.4 Å². The average molecular weight is 381 g/mol. The second-order valence-electron chi connectivity index (χ2n) is 7.74. The molecule has 1 heterocycles. The van der Waals surface area contributed by atoms with E-state index < -0.39 is 0 Å². The number of carbonyl (C=O) groups is 2. The highest BCUT2D eigenvalue weighted by atomic mass is 16.2. The van der Waals surface area contributed by atoms with E-state index in [9.17, 15) is 9.59 Å². The van der Waals surface area contributed by atoms with E-state index in [4.69, 9.17) is 0 Å². The van der Waals surface area contributed by atoms with Crippen LogP contribution >= 0.6 is 0 Å². The molecule has 28 heavy (non-hydrogen) atoms. The van der Waals surface area contributed by atoms with Crippen molar-refractivity contribution in [2.45, 2.75) is 51.6 Å². The molecule has 4 nitrogen and oxygen atoms in total. The summed E-state index contributed by atoms with van der Waals surface area (Å²) in [7, 11) is 0. The van der Waals surface area contributed by atoms with E-state index in [-0.39, 0.29) is 23.9 Å². The number of nitrogens with one attached hydrogen (secondary N) is 1. The number of hydrogen-bond acceptors (Lipinski definition) is 2. The Morgan fingerprint density at radius 2 is 1.46 bits per heavy atom. The molecule has 150 valence electrons. The van der Waals surface area contributed by atoms with E-state index in [2.05, 4.69) is 35.6 Å². The second kappa shape index (κ2) is 11.3. The van der Waals surface area contributed by atoms with Crippen LogP contribution in [0.2, 0.25) is 0 Å². The highest BCUT2D eigenvalue weighted by Gasteiger charge is 2.33. The van der Waals surface area contributed by atoms with Crippen molar-refractivity contribution >= 4 is 12.3 Å². The summed E-state index contributed by atoms with van der Waals surface area (Å²) in [5, 5.41) is 2.84. The first-order chi connectivity index (χ1) is 13.5. The molecule has 2 fully saturated rings. The molecule has 1 saturated carbocycles. The molecule has 2 aromatic carbocycles. The second-order valence-corrected chi connectivity index (χ2v) is 7.74. The summed E-state index contributed by atoms with van der Waals surface area (Å²) in [4.78, 5) is 23.8. The lowest BCUT2D eigenvalue weighted by Gasteiger charge is -2.37. The van der Waals surface area contributed by atoms with E-state index in [1.165, 1.54) is 18.4 Å². The van der Waals surface area contributed by atoms with Crippen molar-refractivity contribution < 1.29 is 9.59 Å². The Morgan fingerprint density at radius 3 is 1.89 bits per heavy atom. The number of rotatable bonds is 3. The summed E-state index contributed by atoms with van der Waals surface area (Å²) < 4.78 is 0. The summed E-state index contributed by atoms with van der Waals surface area (Å²) in [6.45, 7) is 6.39. The zero-order chi connectivity index (χ0) is 20.4. The maximum atomic E-state index is 11.5. The first-order valence-corrected chi connectivity index (χ1v) is 10.1. The number of carbonyl (C=O) groups excluding carboxylic acids is 2. The van der Waals surface area contributed by atoms with Gasteiger partial charge in [0.25, 0.3) is 0 Å². The molecular formula is C24H32N2O2. The van der Waals surface area contributed by atoms with Crippen LogP contribution in [-0.4, -0.2) is 35.8 Å². The van der Waals surface area contributed by atoms with E-state index >= 15 is 0 Å². The van der Waals surface area contributed by atoms with Crippen LogP contribution in [0.3, 0.4) is 0 Å². The molecule has 1 N–H and O–H groups in total. The lowest BCUT2D eigenvalue weighted by atomic mass is 9.99. The van der Waals surface area contributed by atoms with Crippen LogP contribution in [0.4, 0.5) is 0 Å². The minimum atomic E-state index is -0.298. The first kappa shape index (κ1) is 21.7. The Hall–Kier alpha value is -2.62. The monoisotopic (exact) mass is 380 g/mol. The Labute approximate surface area is 169 Å². The molecule has 0 aromatic heterocycles. The third-order valence-electron chi connectivity index (χ3n) is 4.78. The molecule has 1 saturated heterocycles. The minimum Gasteiger partial charge on any atom is -0.350 e. The Balaban J connectivity index is 0.000000161. The van der Waals surface area contributed by atoms with Crippen LogP contribution in [0.1, 0.15) is 45.1 Å². The van der Waals surface area contributed by atoms with Gasteiger partial charge in [-0.2, -0.15) is 0 Å². The molecule has 2 aromatic rings. The Bertz CT molecular complexity index is 672. The molecule has 2 unspecified atom stereocenters. The van der Waals surface area contributed by atoms with Crippen molar-refractivity contribution in [2.75, 3.05) is 6.54 Å². The third kappa shape index (κ3) is 7.18. The number of piperazine rings is 1. The van der Waals surface area contributed by atoms with Gasteiger partial charge in [-0.3, -0.25) is 9.59 Å².